The summed E-state index contributed by atoms with van der Waals surface area (Å²) in [7, 11) is 3.60. The van der Waals surface area contributed by atoms with Gasteiger partial charge in [-0.3, -0.25) is 19.3 Å². The van der Waals surface area contributed by atoms with Gasteiger partial charge in [-0.2, -0.15) is 0 Å². The number of aromatic nitrogens is 2. The summed E-state index contributed by atoms with van der Waals surface area (Å²) >= 11 is 0. The molecule has 0 bridgehead atoms. The monoisotopic (exact) mass is 361 g/mol. The molecule has 2 aliphatic rings. The highest BCUT2D eigenvalue weighted by molar-refractivity contribution is 5.96. The number of carbonyl (C=O) groups excluding carboxylic acids is 3. The van der Waals surface area contributed by atoms with Crippen molar-refractivity contribution in [2.45, 2.75) is 56.7 Å². The first-order valence-corrected chi connectivity index (χ1v) is 9.24. The van der Waals surface area contributed by atoms with E-state index in [2.05, 4.69) is 20.2 Å². The van der Waals surface area contributed by atoms with E-state index in [0.29, 0.717) is 19.3 Å². The summed E-state index contributed by atoms with van der Waals surface area (Å²) in [5, 5.41) is 2.91. The number of ketones is 1. The van der Waals surface area contributed by atoms with E-state index < -0.39 is 12.1 Å². The van der Waals surface area contributed by atoms with E-state index in [-0.39, 0.29) is 23.6 Å². The first kappa shape index (κ1) is 18.6. The Bertz CT molecular complexity index is 660. The Balaban J connectivity index is 1.73. The number of Topliss-reactive ketones (excluding diaryl/α,β-unsaturated/α-hetero) is 1. The number of rotatable bonds is 6. The van der Waals surface area contributed by atoms with Crippen LogP contribution in [0.4, 0.5) is 0 Å². The van der Waals surface area contributed by atoms with Crippen molar-refractivity contribution in [3.05, 3.63) is 18.2 Å². The molecule has 3 rings (SSSR count). The zero-order valence-corrected chi connectivity index (χ0v) is 15.4. The number of hydrogen-bond donors (Lipinski definition) is 2. The van der Waals surface area contributed by atoms with Crippen molar-refractivity contribution in [2.75, 3.05) is 20.6 Å². The molecule has 2 aliphatic heterocycles. The lowest BCUT2D eigenvalue weighted by Gasteiger charge is -2.34. The molecule has 2 amide bonds. The first-order valence-electron chi connectivity index (χ1n) is 9.24. The predicted molar refractivity (Wildman–Crippen MR) is 95.3 cm³/mol. The second-order valence-electron chi connectivity index (χ2n) is 7.30. The third-order valence-electron chi connectivity index (χ3n) is 5.53. The predicted octanol–water partition coefficient (Wildman–Crippen LogP) is 0.111. The average molecular weight is 361 g/mol. The van der Waals surface area contributed by atoms with Gasteiger partial charge in [-0.25, -0.2) is 4.98 Å². The quantitative estimate of drug-likeness (QED) is 0.749. The van der Waals surface area contributed by atoms with Crippen LogP contribution in [0.5, 0.6) is 0 Å². The summed E-state index contributed by atoms with van der Waals surface area (Å²) in [6, 6.07) is -1.30. The Morgan fingerprint density at radius 3 is 2.73 bits per heavy atom. The lowest BCUT2D eigenvalue weighted by molar-refractivity contribution is -0.136. The van der Waals surface area contributed by atoms with Gasteiger partial charge < -0.3 is 15.2 Å². The summed E-state index contributed by atoms with van der Waals surface area (Å²) < 4.78 is 0. The molecule has 0 aromatic carbocycles. The molecule has 2 saturated heterocycles. The van der Waals surface area contributed by atoms with Crippen molar-refractivity contribution in [3.8, 4) is 0 Å². The SMILES string of the molecule is CN1CCCCC1C(=O)[C@H](Cc1cnc[nH]1)NC(=O)[C@@H]1CCC(=O)N1C. The Labute approximate surface area is 153 Å². The smallest absolute Gasteiger partial charge is 0.243 e. The number of likely N-dealkylation sites (N-methyl/N-ethyl adjacent to an activating group) is 2. The van der Waals surface area contributed by atoms with Gasteiger partial charge in [0.15, 0.2) is 5.78 Å². The van der Waals surface area contributed by atoms with Crippen molar-refractivity contribution < 1.29 is 14.4 Å². The minimum Gasteiger partial charge on any atom is -0.348 e. The lowest BCUT2D eigenvalue weighted by atomic mass is 9.93. The van der Waals surface area contributed by atoms with Crippen LogP contribution in [0.1, 0.15) is 37.8 Å². The molecular weight excluding hydrogens is 334 g/mol. The highest BCUT2D eigenvalue weighted by Gasteiger charge is 2.37. The molecule has 0 spiro atoms. The summed E-state index contributed by atoms with van der Waals surface area (Å²) in [4.78, 5) is 48.1. The number of nitrogens with one attached hydrogen (secondary N) is 2. The van der Waals surface area contributed by atoms with Crippen LogP contribution in [0.2, 0.25) is 0 Å². The fourth-order valence-corrected chi connectivity index (χ4v) is 3.88. The molecule has 142 valence electrons. The van der Waals surface area contributed by atoms with Gasteiger partial charge in [0.2, 0.25) is 11.8 Å². The number of amides is 2. The molecule has 1 aromatic heterocycles. The normalized spacial score (nSPS) is 25.3. The van der Waals surface area contributed by atoms with Gasteiger partial charge in [-0.1, -0.05) is 6.42 Å². The Morgan fingerprint density at radius 1 is 1.31 bits per heavy atom. The van der Waals surface area contributed by atoms with Crippen molar-refractivity contribution in [1.82, 2.24) is 25.1 Å². The number of aromatic amines is 1. The summed E-state index contributed by atoms with van der Waals surface area (Å²) in [5.74, 6) is -0.259. The number of carbonyl (C=O) groups is 3. The van der Waals surface area contributed by atoms with Crippen LogP contribution in [-0.2, 0) is 20.8 Å². The molecule has 1 unspecified atom stereocenters. The minimum absolute atomic E-state index is 0.0297. The second kappa shape index (κ2) is 7.99. The molecule has 2 fully saturated rings. The van der Waals surface area contributed by atoms with Crippen molar-refractivity contribution >= 4 is 17.6 Å². The molecule has 3 heterocycles. The number of piperidine rings is 1. The summed E-state index contributed by atoms with van der Waals surface area (Å²) in [5.41, 5.74) is 0.804. The van der Waals surface area contributed by atoms with Gasteiger partial charge in [0, 0.05) is 31.8 Å². The van der Waals surface area contributed by atoms with E-state index in [9.17, 15) is 14.4 Å². The second-order valence-corrected chi connectivity index (χ2v) is 7.30. The Kier molecular flexibility index (Phi) is 5.70. The lowest BCUT2D eigenvalue weighted by Crippen LogP contribution is -2.55. The molecule has 2 N–H and O–H groups in total. The van der Waals surface area contributed by atoms with E-state index in [1.165, 1.54) is 4.90 Å². The zero-order chi connectivity index (χ0) is 18.7. The van der Waals surface area contributed by atoms with Crippen LogP contribution in [0.15, 0.2) is 12.5 Å². The van der Waals surface area contributed by atoms with E-state index in [0.717, 1.165) is 31.5 Å². The van der Waals surface area contributed by atoms with Crippen LogP contribution >= 0.6 is 0 Å². The average Bonchev–Trinajstić information content (AvgIpc) is 3.25. The van der Waals surface area contributed by atoms with E-state index in [4.69, 9.17) is 0 Å². The fourth-order valence-electron chi connectivity index (χ4n) is 3.88. The summed E-state index contributed by atoms with van der Waals surface area (Å²) in [6.45, 7) is 0.890. The largest absolute Gasteiger partial charge is 0.348 e. The van der Waals surface area contributed by atoms with Gasteiger partial charge in [-0.05, 0) is 32.9 Å². The number of hydrogen-bond acceptors (Lipinski definition) is 5. The third-order valence-corrected chi connectivity index (χ3v) is 5.53. The summed E-state index contributed by atoms with van der Waals surface area (Å²) in [6.07, 6.45) is 7.40. The molecule has 0 radical (unpaired) electrons. The highest BCUT2D eigenvalue weighted by atomic mass is 16.2. The first-order chi connectivity index (χ1) is 12.5. The van der Waals surface area contributed by atoms with Crippen molar-refractivity contribution in [3.63, 3.8) is 0 Å². The van der Waals surface area contributed by atoms with Crippen molar-refractivity contribution in [2.24, 2.45) is 0 Å². The minimum atomic E-state index is -0.627. The number of nitrogens with zero attached hydrogens (tertiary/aromatic N) is 3. The van der Waals surface area contributed by atoms with Gasteiger partial charge in [-0.15, -0.1) is 0 Å². The maximum Gasteiger partial charge on any atom is 0.243 e. The van der Waals surface area contributed by atoms with Crippen LogP contribution in [0.25, 0.3) is 0 Å². The maximum atomic E-state index is 13.2. The number of likely N-dealkylation sites (tertiary alicyclic amines) is 2. The van der Waals surface area contributed by atoms with Crippen LogP contribution in [0, 0.1) is 0 Å². The Hall–Kier alpha value is -2.22. The van der Waals surface area contributed by atoms with E-state index in [1.54, 1.807) is 19.6 Å². The molecular formula is C18H27N5O3. The van der Waals surface area contributed by atoms with Crippen LogP contribution in [-0.4, -0.2) is 76.1 Å². The van der Waals surface area contributed by atoms with Crippen LogP contribution in [0.3, 0.4) is 0 Å². The fraction of sp³-hybridized carbons (Fsp3) is 0.667. The molecule has 0 saturated carbocycles. The highest BCUT2D eigenvalue weighted by Crippen LogP contribution is 2.20. The molecule has 0 aliphatic carbocycles. The molecule has 1 aromatic rings. The maximum absolute atomic E-state index is 13.2. The molecule has 3 atom stereocenters. The van der Waals surface area contributed by atoms with E-state index in [1.807, 2.05) is 7.05 Å². The van der Waals surface area contributed by atoms with Gasteiger partial charge in [0.05, 0.1) is 18.4 Å². The zero-order valence-electron chi connectivity index (χ0n) is 15.4. The topological polar surface area (TPSA) is 98.4 Å². The van der Waals surface area contributed by atoms with Gasteiger partial charge in [0.25, 0.3) is 0 Å². The third kappa shape index (κ3) is 3.95. The number of imidazole rings is 1. The van der Waals surface area contributed by atoms with Crippen molar-refractivity contribution in [1.29, 1.82) is 0 Å². The number of H-pyrrole nitrogens is 1. The molecule has 26 heavy (non-hydrogen) atoms. The standard InChI is InChI=1S/C18H27N5O3/c1-22-8-4-3-5-14(22)17(25)13(9-12-10-19-11-20-12)21-18(26)15-6-7-16(24)23(15)2/h10-11,13-15H,3-9H2,1-2H3,(H,19,20)(H,21,26)/t13-,14?,15-/m0/s1. The Morgan fingerprint density at radius 2 is 2.12 bits per heavy atom. The molecule has 8 heteroatoms. The van der Waals surface area contributed by atoms with Gasteiger partial charge in [0.1, 0.15) is 6.04 Å². The molecule has 8 nitrogen and oxygen atoms in total. The van der Waals surface area contributed by atoms with Gasteiger partial charge >= 0.3 is 0 Å². The van der Waals surface area contributed by atoms with E-state index >= 15 is 0 Å². The van der Waals surface area contributed by atoms with Crippen LogP contribution < -0.4 is 5.32 Å².